The number of hydrogen-bond acceptors (Lipinski definition) is 7. The minimum Gasteiger partial charge on any atom is -0.492 e. The van der Waals surface area contributed by atoms with Crippen molar-refractivity contribution in [2.24, 2.45) is 5.73 Å². The van der Waals surface area contributed by atoms with Crippen molar-refractivity contribution < 1.29 is 19.1 Å². The molecule has 0 saturated carbocycles. The fourth-order valence-corrected chi connectivity index (χ4v) is 5.90. The van der Waals surface area contributed by atoms with Crippen LogP contribution in [0.15, 0.2) is 109 Å². The van der Waals surface area contributed by atoms with Crippen molar-refractivity contribution >= 4 is 17.8 Å². The number of fused-ring (bicyclic) bond motifs is 1. The molecule has 0 aliphatic carbocycles. The molecule has 3 N–H and O–H groups in total. The van der Waals surface area contributed by atoms with E-state index in [-0.39, 0.29) is 12.5 Å². The van der Waals surface area contributed by atoms with Crippen LogP contribution in [0.5, 0.6) is 11.5 Å². The molecule has 1 aliphatic rings. The molecule has 0 saturated heterocycles. The molecule has 0 spiro atoms. The standard InChI is InChI=1S/C38H36N6O4/c1-43(38-41-19-20-44(38)24-28-12-10-27(23-39)11-13-28)34-18-21-47-35-31(34)8-5-9-32(35)37(46)42-33(36(40)45)22-26-14-16-30(17-15-26)48-25-29-6-3-2-4-7-29/h2-17,19-20,33-34H,18,21-22,24-25H2,1H3,(H2,40,45)(H,42,46). The van der Waals surface area contributed by atoms with Crippen LogP contribution >= 0.6 is 0 Å². The topological polar surface area (TPSA) is 136 Å². The van der Waals surface area contributed by atoms with Crippen LogP contribution in [0.1, 0.15) is 50.6 Å². The highest BCUT2D eigenvalue weighted by Gasteiger charge is 2.31. The van der Waals surface area contributed by atoms with Crippen LogP contribution < -0.4 is 25.4 Å². The van der Waals surface area contributed by atoms with Crippen molar-refractivity contribution in [2.45, 2.75) is 38.1 Å². The van der Waals surface area contributed by atoms with Crippen molar-refractivity contribution in [3.05, 3.63) is 143 Å². The number of nitrogens with one attached hydrogen (secondary N) is 1. The first kappa shape index (κ1) is 31.9. The molecular formula is C38H36N6O4. The molecule has 48 heavy (non-hydrogen) atoms. The molecule has 1 aliphatic heterocycles. The Kier molecular flexibility index (Phi) is 9.67. The Hall–Kier alpha value is -6.08. The van der Waals surface area contributed by atoms with Gasteiger partial charge in [-0.3, -0.25) is 9.59 Å². The number of benzene rings is 4. The van der Waals surface area contributed by atoms with E-state index in [0.29, 0.717) is 48.8 Å². The predicted octanol–water partition coefficient (Wildman–Crippen LogP) is 5.17. The van der Waals surface area contributed by atoms with Gasteiger partial charge in [-0.2, -0.15) is 5.26 Å². The number of amides is 2. The van der Waals surface area contributed by atoms with E-state index in [1.165, 1.54) is 0 Å². The molecule has 0 fully saturated rings. The second kappa shape index (κ2) is 14.6. The number of nitrogens with two attached hydrogens (primary N) is 1. The number of rotatable bonds is 12. The number of carbonyl (C=O) groups excluding carboxylic acids is 2. The molecule has 2 unspecified atom stereocenters. The van der Waals surface area contributed by atoms with Crippen molar-refractivity contribution in [3.63, 3.8) is 0 Å². The Labute approximate surface area is 279 Å². The van der Waals surface area contributed by atoms with Crippen LogP contribution in [-0.2, 0) is 24.4 Å². The van der Waals surface area contributed by atoms with E-state index in [1.54, 1.807) is 24.4 Å². The number of ether oxygens (including phenoxy) is 2. The summed E-state index contributed by atoms with van der Waals surface area (Å²) in [4.78, 5) is 32.8. The van der Waals surface area contributed by atoms with Crippen LogP contribution in [0.25, 0.3) is 0 Å². The highest BCUT2D eigenvalue weighted by molar-refractivity contribution is 6.00. The molecule has 0 bridgehead atoms. The van der Waals surface area contributed by atoms with Crippen molar-refractivity contribution in [3.8, 4) is 17.6 Å². The van der Waals surface area contributed by atoms with Gasteiger partial charge < -0.3 is 30.0 Å². The zero-order chi connectivity index (χ0) is 33.5. The Bertz CT molecular complexity index is 1920. The maximum absolute atomic E-state index is 13.6. The molecule has 10 nitrogen and oxygen atoms in total. The number of para-hydroxylation sites is 1. The minimum absolute atomic E-state index is 0.113. The number of nitriles is 1. The average molecular weight is 641 g/mol. The fourth-order valence-electron chi connectivity index (χ4n) is 5.90. The monoisotopic (exact) mass is 640 g/mol. The third-order valence-electron chi connectivity index (χ3n) is 8.46. The summed E-state index contributed by atoms with van der Waals surface area (Å²) in [5.41, 5.74) is 10.5. The van der Waals surface area contributed by atoms with Gasteiger partial charge in [0.15, 0.2) is 0 Å². The van der Waals surface area contributed by atoms with Gasteiger partial charge in [0.1, 0.15) is 24.1 Å². The van der Waals surface area contributed by atoms with Gasteiger partial charge >= 0.3 is 0 Å². The summed E-state index contributed by atoms with van der Waals surface area (Å²) in [6.07, 6.45) is 4.59. The molecule has 5 aromatic rings. The smallest absolute Gasteiger partial charge is 0.255 e. The largest absolute Gasteiger partial charge is 0.492 e. The first-order valence-electron chi connectivity index (χ1n) is 15.7. The van der Waals surface area contributed by atoms with E-state index in [4.69, 9.17) is 20.5 Å². The first-order valence-corrected chi connectivity index (χ1v) is 15.7. The van der Waals surface area contributed by atoms with E-state index in [9.17, 15) is 9.59 Å². The van der Waals surface area contributed by atoms with Gasteiger partial charge in [0.2, 0.25) is 11.9 Å². The third-order valence-corrected chi connectivity index (χ3v) is 8.46. The average Bonchev–Trinajstić information content (AvgIpc) is 3.59. The summed E-state index contributed by atoms with van der Waals surface area (Å²) in [5.74, 6) is 0.865. The quantitative estimate of drug-likeness (QED) is 0.192. The minimum atomic E-state index is -0.929. The molecule has 0 radical (unpaired) electrons. The van der Waals surface area contributed by atoms with E-state index in [2.05, 4.69) is 21.3 Å². The van der Waals surface area contributed by atoms with Crippen molar-refractivity contribution in [2.75, 3.05) is 18.6 Å². The van der Waals surface area contributed by atoms with E-state index in [0.717, 1.165) is 28.2 Å². The number of nitrogens with zero attached hydrogens (tertiary/aromatic N) is 4. The molecule has 1 aromatic heterocycles. The molecule has 4 aromatic carbocycles. The highest BCUT2D eigenvalue weighted by Crippen LogP contribution is 2.39. The lowest BCUT2D eigenvalue weighted by molar-refractivity contribution is -0.119. The zero-order valence-electron chi connectivity index (χ0n) is 26.6. The summed E-state index contributed by atoms with van der Waals surface area (Å²) in [7, 11) is 1.98. The zero-order valence-corrected chi connectivity index (χ0v) is 26.6. The van der Waals surface area contributed by atoms with Crippen LogP contribution in [0, 0.1) is 11.3 Å². The summed E-state index contributed by atoms with van der Waals surface area (Å²) >= 11 is 0. The fraction of sp³-hybridized carbons (Fsp3) is 0.211. The number of carbonyl (C=O) groups is 2. The lowest BCUT2D eigenvalue weighted by Gasteiger charge is -2.34. The van der Waals surface area contributed by atoms with Gasteiger partial charge in [-0.15, -0.1) is 0 Å². The SMILES string of the molecule is CN(c1nccn1Cc1ccc(C#N)cc1)C1CCOc2c(C(=O)NC(Cc3ccc(OCc4ccccc4)cc3)C(N)=O)cccc21. The number of anilines is 1. The van der Waals surface area contributed by atoms with Gasteiger partial charge in [0, 0.05) is 37.8 Å². The maximum Gasteiger partial charge on any atom is 0.255 e. The summed E-state index contributed by atoms with van der Waals surface area (Å²) in [6.45, 7) is 1.44. The van der Waals surface area contributed by atoms with E-state index < -0.39 is 17.9 Å². The summed E-state index contributed by atoms with van der Waals surface area (Å²) in [5, 5.41) is 12.0. The van der Waals surface area contributed by atoms with Gasteiger partial charge in [-0.05, 0) is 47.0 Å². The number of primary amides is 1. The van der Waals surface area contributed by atoms with Crippen LogP contribution in [0.3, 0.4) is 0 Å². The molecule has 6 rings (SSSR count). The van der Waals surface area contributed by atoms with Gasteiger partial charge in [-0.1, -0.05) is 66.7 Å². The lowest BCUT2D eigenvalue weighted by atomic mass is 9.96. The molecule has 10 heteroatoms. The molecule has 2 amide bonds. The number of hydrogen-bond donors (Lipinski definition) is 2. The number of imidazole rings is 1. The predicted molar refractivity (Wildman–Crippen MR) is 182 cm³/mol. The Morgan fingerprint density at radius 3 is 2.50 bits per heavy atom. The van der Waals surface area contributed by atoms with Gasteiger partial charge in [0.05, 0.1) is 36.4 Å². The summed E-state index contributed by atoms with van der Waals surface area (Å²) < 4.78 is 14.0. The summed E-state index contributed by atoms with van der Waals surface area (Å²) in [6, 6.07) is 31.3. The molecule has 2 atom stereocenters. The third kappa shape index (κ3) is 7.32. The highest BCUT2D eigenvalue weighted by atomic mass is 16.5. The molecule has 2 heterocycles. The second-order valence-corrected chi connectivity index (χ2v) is 11.7. The molecular weight excluding hydrogens is 604 g/mol. The Balaban J connectivity index is 1.14. The second-order valence-electron chi connectivity index (χ2n) is 11.7. The maximum atomic E-state index is 13.6. The number of aromatic nitrogens is 2. The normalized spacial score (nSPS) is 14.1. The van der Waals surface area contributed by atoms with Crippen molar-refractivity contribution in [1.82, 2.24) is 14.9 Å². The lowest BCUT2D eigenvalue weighted by Crippen LogP contribution is -2.46. The van der Waals surface area contributed by atoms with Crippen molar-refractivity contribution in [1.29, 1.82) is 5.26 Å². The first-order chi connectivity index (χ1) is 23.4. The van der Waals surface area contributed by atoms with Gasteiger partial charge in [0.25, 0.3) is 5.91 Å². The van der Waals surface area contributed by atoms with Crippen LogP contribution in [-0.4, -0.2) is 41.1 Å². The van der Waals surface area contributed by atoms with Gasteiger partial charge in [-0.25, -0.2) is 4.98 Å². The van der Waals surface area contributed by atoms with E-state index in [1.807, 2.05) is 96.7 Å². The van der Waals surface area contributed by atoms with Crippen LogP contribution in [0.2, 0.25) is 0 Å². The molecule has 242 valence electrons. The Morgan fingerprint density at radius 2 is 1.77 bits per heavy atom. The van der Waals surface area contributed by atoms with Crippen LogP contribution in [0.4, 0.5) is 5.95 Å². The Morgan fingerprint density at radius 1 is 1.02 bits per heavy atom. The van der Waals surface area contributed by atoms with E-state index >= 15 is 0 Å².